The van der Waals surface area contributed by atoms with Gasteiger partial charge in [0.1, 0.15) is 6.15 Å². The number of alkyl halides is 24. The highest BCUT2D eigenvalue weighted by atomic mass is 19.4. The second kappa shape index (κ2) is 23.0. The molecule has 0 bridgehead atoms. The fourth-order valence-electron chi connectivity index (χ4n) is 10.7. The van der Waals surface area contributed by atoms with Crippen LogP contribution in [0.5, 0.6) is 0 Å². The number of halogens is 24. The first-order valence-corrected chi connectivity index (χ1v) is 25.7. The maximum absolute atomic E-state index is 14.2. The molecule has 0 spiro atoms. The lowest BCUT2D eigenvalue weighted by atomic mass is 9.12. The molecule has 468 valence electrons. The molecule has 0 aliphatic carbocycles. The van der Waals surface area contributed by atoms with E-state index in [4.69, 9.17) is 0 Å². The summed E-state index contributed by atoms with van der Waals surface area (Å²) in [5.41, 5.74) is -27.5. The Morgan fingerprint density at radius 3 is 1.01 bits per heavy atom. The zero-order chi connectivity index (χ0) is 66.1. The summed E-state index contributed by atoms with van der Waals surface area (Å²) in [6.45, 7) is 0.250. The molecule has 9 aromatic carbocycles. The maximum atomic E-state index is 14.2. The maximum Gasteiger partial charge on any atom is 0.416 e. The number of rotatable bonds is 8. The Bertz CT molecular complexity index is 3920. The van der Waals surface area contributed by atoms with Gasteiger partial charge in [-0.05, 0) is 74.8 Å². The van der Waals surface area contributed by atoms with Crippen LogP contribution < -0.4 is 26.4 Å². The third kappa shape index (κ3) is 13.6. The average Bonchev–Trinajstić information content (AvgIpc) is 0.718. The minimum absolute atomic E-state index is 0.0723. The van der Waals surface area contributed by atoms with E-state index in [1.54, 1.807) is 6.20 Å². The largest absolute Gasteiger partial charge is 0.416 e. The predicted molar refractivity (Wildman–Crippen MR) is 283 cm³/mol. The van der Waals surface area contributed by atoms with Crippen LogP contribution in [-0.4, -0.2) is 16.9 Å². The molecular formula is C62H33BF24N2O. The topological polar surface area (TPSA) is 33.8 Å². The number of benzene rings is 9. The van der Waals surface area contributed by atoms with E-state index in [0.29, 0.717) is 5.56 Å². The number of carbonyl (C=O) groups excluding carboxylic acids is 1. The van der Waals surface area contributed by atoms with Crippen LogP contribution in [0.4, 0.5) is 105 Å². The first kappa shape index (κ1) is 65.3. The Morgan fingerprint density at radius 2 is 0.656 bits per heavy atom. The molecule has 10 aromatic rings. The molecule has 28 heteroatoms. The molecule has 0 fully saturated rings. The van der Waals surface area contributed by atoms with Crippen LogP contribution in [-0.2, 0) is 56.0 Å². The van der Waals surface area contributed by atoms with E-state index in [0.717, 1.165) is 22.0 Å². The highest BCUT2D eigenvalue weighted by molar-refractivity contribution is 7.20. The number of hydrogen-bond acceptors (Lipinski definition) is 2. The third-order valence-electron chi connectivity index (χ3n) is 14.7. The van der Waals surface area contributed by atoms with Gasteiger partial charge in [-0.1, -0.05) is 127 Å². The second-order valence-electron chi connectivity index (χ2n) is 20.5. The average molecular weight is 1290 g/mol. The molecule has 0 saturated heterocycles. The summed E-state index contributed by atoms with van der Waals surface area (Å²) >= 11 is 0. The third-order valence-corrected chi connectivity index (χ3v) is 14.7. The molecule has 1 aromatic heterocycles. The summed E-state index contributed by atoms with van der Waals surface area (Å²) in [6.07, 6.45) is -49.3. The van der Waals surface area contributed by atoms with Crippen LogP contribution in [0.25, 0.3) is 43.6 Å². The lowest BCUT2D eigenvalue weighted by Crippen LogP contribution is -2.75. The SMILES string of the molecule is FC(F)(F)c1cc([B-](c2cc(C(F)(F)F)cc(C(F)(F)F)c2)(c2cc(C(F)(F)F)cc(C(F)(F)F)c2)c2cc(C(F)(F)F)cc(C(F)(F)F)c2)cc(C(F)(F)F)c1.O=C(C[n+]1ccncc1-c1c2ccccc2cc2cc3ccccc3cc12)c1ccccc1. The van der Waals surface area contributed by atoms with Gasteiger partial charge < -0.3 is 0 Å². The summed E-state index contributed by atoms with van der Waals surface area (Å²) in [5.74, 6) is 0.0723. The molecule has 0 saturated carbocycles. The van der Waals surface area contributed by atoms with Gasteiger partial charge in [-0.2, -0.15) is 132 Å². The van der Waals surface area contributed by atoms with E-state index in [9.17, 15) is 110 Å². The molecule has 0 N–H and O–H groups in total. The number of Topliss-reactive ketones (excluding diaryl/α,β-unsaturated/α-hetero) is 1. The lowest BCUT2D eigenvalue weighted by molar-refractivity contribution is -0.672. The first-order chi connectivity index (χ1) is 41.5. The molecule has 0 aliphatic heterocycles. The zero-order valence-corrected chi connectivity index (χ0v) is 44.6. The molecule has 90 heavy (non-hydrogen) atoms. The van der Waals surface area contributed by atoms with Crippen LogP contribution in [0.1, 0.15) is 54.9 Å². The van der Waals surface area contributed by atoms with Crippen molar-refractivity contribution in [3.05, 3.63) is 239 Å². The van der Waals surface area contributed by atoms with E-state index < -0.39 is 195 Å². The summed E-state index contributed by atoms with van der Waals surface area (Å²) < 4.78 is 343. The Morgan fingerprint density at radius 1 is 0.344 bits per heavy atom. The van der Waals surface area contributed by atoms with E-state index >= 15 is 0 Å². The van der Waals surface area contributed by atoms with E-state index in [1.165, 1.54) is 21.5 Å². The van der Waals surface area contributed by atoms with Crippen LogP contribution in [0.15, 0.2) is 188 Å². The van der Waals surface area contributed by atoms with Gasteiger partial charge in [0, 0.05) is 5.56 Å². The Kier molecular flexibility index (Phi) is 16.7. The Labute approximate surface area is 490 Å². The fraction of sp³-hybridized carbons (Fsp3) is 0.145. The van der Waals surface area contributed by atoms with Gasteiger partial charge in [0.2, 0.25) is 18.0 Å². The summed E-state index contributed by atoms with van der Waals surface area (Å²) in [4.78, 5) is 17.5. The van der Waals surface area contributed by atoms with E-state index in [-0.39, 0.29) is 12.3 Å². The van der Waals surface area contributed by atoms with Crippen LogP contribution in [0, 0.1) is 0 Å². The molecule has 0 aliphatic rings. The van der Waals surface area contributed by atoms with E-state index in [1.807, 2.05) is 47.3 Å². The first-order valence-electron chi connectivity index (χ1n) is 25.7. The van der Waals surface area contributed by atoms with Gasteiger partial charge in [-0.15, -0.1) is 0 Å². The van der Waals surface area contributed by atoms with E-state index in [2.05, 4.69) is 71.7 Å². The molecule has 0 unspecified atom stereocenters. The van der Waals surface area contributed by atoms with Crippen molar-refractivity contribution in [1.82, 2.24) is 4.98 Å². The van der Waals surface area contributed by atoms with Crippen molar-refractivity contribution in [2.24, 2.45) is 0 Å². The van der Waals surface area contributed by atoms with Crippen molar-refractivity contribution in [1.29, 1.82) is 0 Å². The molecule has 0 radical (unpaired) electrons. The van der Waals surface area contributed by atoms with Gasteiger partial charge >= 0.3 is 49.4 Å². The van der Waals surface area contributed by atoms with Gasteiger partial charge in [0.15, 0.2) is 6.20 Å². The standard InChI is InChI=1S/C32H12BF24.C30H21N2O/c34-25(35,36)13-1-14(26(37,38)39)6-21(5-13)33(22-7-15(27(40,41)42)2-16(8-22)28(43,44)45,23-9-17(29(46,47)48)3-18(10-23)30(49,50)51)24-11-19(31(52,53)54)4-20(12-24)32(55,56)57;33-29(21-8-2-1-3-9-21)20-32-15-14-31-19-28(32)30-26-13-7-6-12-24(26)17-25-16-22-10-4-5-11-23(22)18-27(25)30/h1-12H;1-19H,20H2/q-1;+1. The normalized spacial score (nSPS) is 13.2. The van der Waals surface area contributed by atoms with Crippen molar-refractivity contribution in [3.8, 4) is 11.3 Å². The Balaban J connectivity index is 0.000000244. The fourth-order valence-corrected chi connectivity index (χ4v) is 10.7. The highest BCUT2D eigenvalue weighted by Crippen LogP contribution is 2.43. The smallest absolute Gasteiger partial charge is 0.287 e. The van der Waals surface area contributed by atoms with Gasteiger partial charge in [-0.3, -0.25) is 9.78 Å². The van der Waals surface area contributed by atoms with Gasteiger partial charge in [0.05, 0.1) is 62.5 Å². The molecule has 1 heterocycles. The number of fused-ring (bicyclic) bond motifs is 3. The van der Waals surface area contributed by atoms with Gasteiger partial charge in [0.25, 0.3) is 0 Å². The molecule has 3 nitrogen and oxygen atoms in total. The minimum Gasteiger partial charge on any atom is -0.287 e. The summed E-state index contributed by atoms with van der Waals surface area (Å²) in [7, 11) is 0. The predicted octanol–water partition coefficient (Wildman–Crippen LogP) is 17.6. The Hall–Kier alpha value is -9.11. The van der Waals surface area contributed by atoms with Crippen LogP contribution >= 0.6 is 0 Å². The number of carbonyl (C=O) groups is 1. The number of aromatic nitrogens is 2. The van der Waals surface area contributed by atoms with Crippen molar-refractivity contribution < 1.29 is 115 Å². The van der Waals surface area contributed by atoms with Crippen LogP contribution in [0.2, 0.25) is 0 Å². The zero-order valence-electron chi connectivity index (χ0n) is 44.6. The molecule has 0 amide bonds. The molecule has 0 atom stereocenters. The summed E-state index contributed by atoms with van der Waals surface area (Å²) in [6, 6.07) is 24.2. The number of nitrogens with zero attached hydrogens (tertiary/aromatic N) is 2. The van der Waals surface area contributed by atoms with Crippen molar-refractivity contribution in [2.45, 2.75) is 56.0 Å². The highest BCUT2D eigenvalue weighted by Gasteiger charge is 2.47. The van der Waals surface area contributed by atoms with Gasteiger partial charge in [-0.25, -0.2) is 0 Å². The quantitative estimate of drug-likeness (QED) is 0.0499. The molecular weight excluding hydrogens is 1260 g/mol. The number of hydrogen-bond donors (Lipinski definition) is 0. The molecule has 10 rings (SSSR count). The number of ketones is 1. The second-order valence-corrected chi connectivity index (χ2v) is 20.5. The van der Waals surface area contributed by atoms with Crippen molar-refractivity contribution >= 4 is 66.1 Å². The van der Waals surface area contributed by atoms with Crippen molar-refractivity contribution in [2.75, 3.05) is 0 Å². The van der Waals surface area contributed by atoms with Crippen molar-refractivity contribution in [3.63, 3.8) is 0 Å². The summed E-state index contributed by atoms with van der Waals surface area (Å²) in [5, 5.41) is 7.05. The van der Waals surface area contributed by atoms with Crippen LogP contribution in [0.3, 0.4) is 0 Å². The monoisotopic (exact) mass is 1290 g/mol. The minimum atomic E-state index is -6.13. The lowest BCUT2D eigenvalue weighted by Gasteiger charge is -2.46.